The smallest absolute Gasteiger partial charge is 0.321 e. The minimum atomic E-state index is -3.80. The van der Waals surface area contributed by atoms with Gasteiger partial charge < -0.3 is 5.32 Å². The van der Waals surface area contributed by atoms with Crippen LogP contribution in [0.25, 0.3) is 0 Å². The Kier molecular flexibility index (Phi) is 7.76. The highest BCUT2D eigenvalue weighted by Gasteiger charge is 2.29. The average molecular weight is 435 g/mol. The van der Waals surface area contributed by atoms with Crippen molar-refractivity contribution in [3.05, 3.63) is 29.0 Å². The van der Waals surface area contributed by atoms with Crippen LogP contribution in [0.4, 0.5) is 9.18 Å². The Morgan fingerprint density at radius 2 is 1.86 bits per heavy atom. The first-order chi connectivity index (χ1) is 13.1. The van der Waals surface area contributed by atoms with Crippen LogP contribution in [0.2, 0.25) is 5.02 Å². The molecule has 0 bridgehead atoms. The molecule has 1 aliphatic rings. The summed E-state index contributed by atoms with van der Waals surface area (Å²) in [7, 11) is -3.80. The van der Waals surface area contributed by atoms with Gasteiger partial charge in [0.2, 0.25) is 15.9 Å². The molecule has 1 saturated heterocycles. The van der Waals surface area contributed by atoms with Crippen molar-refractivity contribution in [1.82, 2.24) is 19.8 Å². The first-order valence-electron chi connectivity index (χ1n) is 8.85. The number of hydrogen-bond acceptors (Lipinski definition) is 5. The van der Waals surface area contributed by atoms with E-state index in [2.05, 4.69) is 10.6 Å². The van der Waals surface area contributed by atoms with Gasteiger partial charge in [0.25, 0.3) is 0 Å². The van der Waals surface area contributed by atoms with E-state index in [0.29, 0.717) is 19.6 Å². The normalized spacial score (nSPS) is 16.2. The molecule has 1 heterocycles. The van der Waals surface area contributed by atoms with Crippen LogP contribution < -0.4 is 10.6 Å². The number of hydrogen-bond donors (Lipinski definition) is 2. The number of rotatable bonds is 6. The summed E-state index contributed by atoms with van der Waals surface area (Å²) in [5, 5.41) is 4.58. The molecular formula is C17H24ClFN4O4S. The van der Waals surface area contributed by atoms with Gasteiger partial charge in [0, 0.05) is 32.7 Å². The maximum atomic E-state index is 13.3. The van der Waals surface area contributed by atoms with Crippen molar-refractivity contribution in [2.45, 2.75) is 18.7 Å². The Labute approximate surface area is 169 Å². The predicted molar refractivity (Wildman–Crippen MR) is 103 cm³/mol. The third-order valence-corrected chi connectivity index (χ3v) is 6.34. The molecule has 1 aromatic rings. The summed E-state index contributed by atoms with van der Waals surface area (Å²) in [4.78, 5) is 25.2. The van der Waals surface area contributed by atoms with Gasteiger partial charge >= 0.3 is 6.03 Å². The molecular weight excluding hydrogens is 411 g/mol. The van der Waals surface area contributed by atoms with Crippen LogP contribution in [-0.4, -0.2) is 68.8 Å². The molecule has 3 amide bonds. The zero-order valence-electron chi connectivity index (χ0n) is 15.7. The standard InChI is InChI=1S/C17H24ClFN4O4S/c1-12(2)10-20-17(25)21-16(24)11-22-5-7-23(8-6-22)28(26,27)13-3-4-15(19)14(18)9-13/h3-4,9,12H,5-8,10-11H2,1-2H3,(H2,20,21,24,25). The Bertz CT molecular complexity index is 826. The first kappa shape index (κ1) is 22.5. The van der Waals surface area contributed by atoms with E-state index in [1.165, 1.54) is 10.4 Å². The molecule has 1 aliphatic heterocycles. The number of carbonyl (C=O) groups excluding carboxylic acids is 2. The molecule has 1 aromatic carbocycles. The lowest BCUT2D eigenvalue weighted by Crippen LogP contribution is -2.52. The minimum Gasteiger partial charge on any atom is -0.338 e. The lowest BCUT2D eigenvalue weighted by Gasteiger charge is -2.33. The van der Waals surface area contributed by atoms with Gasteiger partial charge in [0.15, 0.2) is 0 Å². The third kappa shape index (κ3) is 6.13. The van der Waals surface area contributed by atoms with Crippen molar-refractivity contribution in [2.24, 2.45) is 5.92 Å². The van der Waals surface area contributed by atoms with Crippen molar-refractivity contribution in [3.8, 4) is 0 Å². The van der Waals surface area contributed by atoms with E-state index in [4.69, 9.17) is 11.6 Å². The zero-order valence-corrected chi connectivity index (χ0v) is 17.3. The third-order valence-electron chi connectivity index (χ3n) is 4.15. The van der Waals surface area contributed by atoms with Gasteiger partial charge in [-0.3, -0.25) is 15.0 Å². The number of piperazine rings is 1. The summed E-state index contributed by atoms with van der Waals surface area (Å²) < 4.78 is 39.8. The van der Waals surface area contributed by atoms with Gasteiger partial charge in [0.1, 0.15) is 5.82 Å². The topological polar surface area (TPSA) is 98.8 Å². The Morgan fingerprint density at radius 3 is 2.43 bits per heavy atom. The van der Waals surface area contributed by atoms with Crippen molar-refractivity contribution in [3.63, 3.8) is 0 Å². The molecule has 2 rings (SSSR count). The molecule has 1 fully saturated rings. The molecule has 8 nitrogen and oxygen atoms in total. The number of urea groups is 1. The summed E-state index contributed by atoms with van der Waals surface area (Å²) in [5.41, 5.74) is 0. The van der Waals surface area contributed by atoms with Crippen LogP contribution in [0.3, 0.4) is 0 Å². The number of nitrogens with one attached hydrogen (secondary N) is 2. The Balaban J connectivity index is 1.85. The molecule has 156 valence electrons. The second-order valence-corrected chi connectivity index (χ2v) is 9.25. The summed E-state index contributed by atoms with van der Waals surface area (Å²) in [6.07, 6.45) is 0. The highest BCUT2D eigenvalue weighted by Crippen LogP contribution is 2.23. The number of sulfonamides is 1. The molecule has 0 atom stereocenters. The molecule has 28 heavy (non-hydrogen) atoms. The number of imide groups is 1. The molecule has 0 spiro atoms. The maximum Gasteiger partial charge on any atom is 0.321 e. The van der Waals surface area contributed by atoms with Gasteiger partial charge in [-0.25, -0.2) is 17.6 Å². The Morgan fingerprint density at radius 1 is 1.21 bits per heavy atom. The summed E-state index contributed by atoms with van der Waals surface area (Å²) in [6.45, 7) is 5.33. The number of benzene rings is 1. The van der Waals surface area contributed by atoms with Crippen molar-refractivity contribution < 1.29 is 22.4 Å². The maximum absolute atomic E-state index is 13.3. The van der Waals surface area contributed by atoms with Crippen LogP contribution in [0.15, 0.2) is 23.1 Å². The molecule has 2 N–H and O–H groups in total. The van der Waals surface area contributed by atoms with Gasteiger partial charge in [-0.15, -0.1) is 0 Å². The number of halogens is 2. The molecule has 11 heteroatoms. The molecule has 0 saturated carbocycles. The molecule has 0 aromatic heterocycles. The van der Waals surface area contributed by atoms with Crippen LogP contribution in [0.1, 0.15) is 13.8 Å². The van der Waals surface area contributed by atoms with E-state index >= 15 is 0 Å². The number of nitrogens with zero attached hydrogens (tertiary/aromatic N) is 2. The summed E-state index contributed by atoms with van der Waals surface area (Å²) in [5.74, 6) is -0.872. The minimum absolute atomic E-state index is 0.00857. The number of carbonyl (C=O) groups is 2. The van der Waals surface area contributed by atoms with Crippen molar-refractivity contribution >= 4 is 33.6 Å². The number of amides is 3. The molecule has 0 aliphatic carbocycles. The van der Waals surface area contributed by atoms with E-state index in [1.807, 2.05) is 13.8 Å². The van der Waals surface area contributed by atoms with Crippen molar-refractivity contribution in [1.29, 1.82) is 0 Å². The first-order valence-corrected chi connectivity index (χ1v) is 10.7. The SMILES string of the molecule is CC(C)CNC(=O)NC(=O)CN1CCN(S(=O)(=O)c2ccc(F)c(Cl)c2)CC1. The molecule has 0 unspecified atom stereocenters. The van der Waals surface area contributed by atoms with Crippen LogP contribution in [0, 0.1) is 11.7 Å². The quantitative estimate of drug-likeness (QED) is 0.702. The predicted octanol–water partition coefficient (Wildman–Crippen LogP) is 1.27. The average Bonchev–Trinajstić information content (AvgIpc) is 2.62. The second-order valence-electron chi connectivity index (χ2n) is 6.91. The summed E-state index contributed by atoms with van der Waals surface area (Å²) in [6, 6.07) is 2.72. The van der Waals surface area contributed by atoms with Gasteiger partial charge in [0.05, 0.1) is 16.5 Å². The lowest BCUT2D eigenvalue weighted by atomic mass is 10.2. The van der Waals surface area contributed by atoms with E-state index in [9.17, 15) is 22.4 Å². The fourth-order valence-electron chi connectivity index (χ4n) is 2.62. The van der Waals surface area contributed by atoms with Crippen LogP contribution >= 0.6 is 11.6 Å². The zero-order chi connectivity index (χ0) is 20.9. The summed E-state index contributed by atoms with van der Waals surface area (Å²) >= 11 is 5.68. The fraction of sp³-hybridized carbons (Fsp3) is 0.529. The highest BCUT2D eigenvalue weighted by molar-refractivity contribution is 7.89. The van der Waals surface area contributed by atoms with Gasteiger partial charge in [-0.2, -0.15) is 4.31 Å². The van der Waals surface area contributed by atoms with Gasteiger partial charge in [-0.05, 0) is 24.1 Å². The monoisotopic (exact) mass is 434 g/mol. The Hall–Kier alpha value is -1.75. The van der Waals surface area contributed by atoms with Gasteiger partial charge in [-0.1, -0.05) is 25.4 Å². The van der Waals surface area contributed by atoms with E-state index < -0.39 is 27.8 Å². The van der Waals surface area contributed by atoms with Crippen molar-refractivity contribution in [2.75, 3.05) is 39.3 Å². The largest absolute Gasteiger partial charge is 0.338 e. The molecule has 0 radical (unpaired) electrons. The van der Waals surface area contributed by atoms with Crippen LogP contribution in [0.5, 0.6) is 0 Å². The fourth-order valence-corrected chi connectivity index (χ4v) is 4.32. The van der Waals surface area contributed by atoms with Crippen LogP contribution in [-0.2, 0) is 14.8 Å². The highest BCUT2D eigenvalue weighted by atomic mass is 35.5. The van der Waals surface area contributed by atoms with E-state index in [0.717, 1.165) is 12.1 Å². The van der Waals surface area contributed by atoms with E-state index in [-0.39, 0.29) is 35.5 Å². The second kappa shape index (κ2) is 9.64. The van der Waals surface area contributed by atoms with E-state index in [1.54, 1.807) is 4.90 Å². The lowest BCUT2D eigenvalue weighted by molar-refractivity contribution is -0.121.